The highest BCUT2D eigenvalue weighted by molar-refractivity contribution is 5.82. The molecule has 3 fully saturated rings. The highest BCUT2D eigenvalue weighted by atomic mass is 16.5. The average Bonchev–Trinajstić information content (AvgIpc) is 3.37. The third-order valence-corrected chi connectivity index (χ3v) is 5.95. The monoisotopic (exact) mass is 373 g/mol. The highest BCUT2D eigenvalue weighted by Gasteiger charge is 2.38. The summed E-state index contributed by atoms with van der Waals surface area (Å²) in [4.78, 5) is 12.7. The third kappa shape index (κ3) is 4.50. The summed E-state index contributed by atoms with van der Waals surface area (Å²) in [5.74, 6) is 0.524. The Morgan fingerprint density at radius 2 is 2.04 bits per heavy atom. The molecule has 3 aliphatic heterocycles. The Kier molecular flexibility index (Phi) is 5.75. The molecule has 4 rings (SSSR count). The van der Waals surface area contributed by atoms with Gasteiger partial charge in [0, 0.05) is 45.7 Å². The van der Waals surface area contributed by atoms with E-state index in [1.54, 1.807) is 0 Å². The van der Waals surface area contributed by atoms with Crippen LogP contribution in [0.5, 0.6) is 0 Å². The molecule has 7 nitrogen and oxygen atoms in total. The number of carbonyl (C=O) groups is 1. The SMILES string of the molecule is CC1NCC(C2CNC(C(=O)NC3CN(C)N(Cc4ccccc4)C3)C2)O1. The fraction of sp³-hybridized carbons (Fsp3) is 0.650. The van der Waals surface area contributed by atoms with Gasteiger partial charge in [-0.3, -0.25) is 10.1 Å². The van der Waals surface area contributed by atoms with Crippen LogP contribution in [0.3, 0.4) is 0 Å². The van der Waals surface area contributed by atoms with E-state index >= 15 is 0 Å². The summed E-state index contributed by atoms with van der Waals surface area (Å²) in [7, 11) is 2.09. The van der Waals surface area contributed by atoms with E-state index in [1.165, 1.54) is 5.56 Å². The van der Waals surface area contributed by atoms with Crippen molar-refractivity contribution >= 4 is 5.91 Å². The smallest absolute Gasteiger partial charge is 0.237 e. The largest absolute Gasteiger partial charge is 0.359 e. The summed E-state index contributed by atoms with van der Waals surface area (Å²) in [5.41, 5.74) is 1.29. The number of nitrogens with one attached hydrogen (secondary N) is 3. The summed E-state index contributed by atoms with van der Waals surface area (Å²) >= 11 is 0. The van der Waals surface area contributed by atoms with Crippen LogP contribution in [0.2, 0.25) is 0 Å². The van der Waals surface area contributed by atoms with Crippen LogP contribution in [0.4, 0.5) is 0 Å². The Hall–Kier alpha value is -1.51. The minimum Gasteiger partial charge on any atom is -0.359 e. The van der Waals surface area contributed by atoms with Crippen LogP contribution >= 0.6 is 0 Å². The summed E-state index contributed by atoms with van der Waals surface area (Å²) in [5, 5.41) is 14.5. The maximum absolute atomic E-state index is 12.7. The number of likely N-dealkylation sites (N-methyl/N-ethyl adjacent to an activating group) is 1. The number of nitrogens with zero attached hydrogens (tertiary/aromatic N) is 2. The number of hydrazine groups is 1. The van der Waals surface area contributed by atoms with E-state index in [-0.39, 0.29) is 30.3 Å². The first kappa shape index (κ1) is 18.8. The topological polar surface area (TPSA) is 68.9 Å². The zero-order chi connectivity index (χ0) is 18.8. The fourth-order valence-electron chi connectivity index (χ4n) is 4.42. The minimum absolute atomic E-state index is 0.108. The number of ether oxygens (including phenoxy) is 1. The lowest BCUT2D eigenvalue weighted by molar-refractivity contribution is -0.123. The predicted octanol–water partition coefficient (Wildman–Crippen LogP) is 0.146. The van der Waals surface area contributed by atoms with Crippen LogP contribution < -0.4 is 16.0 Å². The molecule has 0 radical (unpaired) electrons. The van der Waals surface area contributed by atoms with Crippen LogP contribution in [-0.2, 0) is 16.1 Å². The van der Waals surface area contributed by atoms with E-state index < -0.39 is 0 Å². The van der Waals surface area contributed by atoms with Crippen molar-refractivity contribution in [2.75, 3.05) is 33.2 Å². The van der Waals surface area contributed by atoms with E-state index in [0.717, 1.165) is 39.1 Å². The molecule has 27 heavy (non-hydrogen) atoms. The van der Waals surface area contributed by atoms with Crippen molar-refractivity contribution in [3.63, 3.8) is 0 Å². The first-order valence-corrected chi connectivity index (χ1v) is 10.0. The molecular formula is C20H31N5O2. The molecule has 0 aromatic heterocycles. The van der Waals surface area contributed by atoms with Crippen LogP contribution in [0.15, 0.2) is 30.3 Å². The predicted molar refractivity (Wildman–Crippen MR) is 104 cm³/mol. The van der Waals surface area contributed by atoms with Crippen molar-refractivity contribution < 1.29 is 9.53 Å². The molecule has 5 atom stereocenters. The lowest BCUT2D eigenvalue weighted by Crippen LogP contribution is -2.47. The quantitative estimate of drug-likeness (QED) is 0.683. The molecule has 0 bridgehead atoms. The Bertz CT molecular complexity index is 643. The molecule has 3 aliphatic rings. The number of carbonyl (C=O) groups excluding carboxylic acids is 1. The summed E-state index contributed by atoms with van der Waals surface area (Å²) < 4.78 is 5.90. The van der Waals surface area contributed by atoms with Gasteiger partial charge in [0.2, 0.25) is 5.91 Å². The average molecular weight is 374 g/mol. The van der Waals surface area contributed by atoms with Gasteiger partial charge in [0.1, 0.15) is 6.23 Å². The molecule has 0 saturated carbocycles. The van der Waals surface area contributed by atoms with Gasteiger partial charge in [-0.05, 0) is 18.9 Å². The number of hydrogen-bond donors (Lipinski definition) is 3. The second-order valence-electron chi connectivity index (χ2n) is 8.06. The first-order chi connectivity index (χ1) is 13.1. The number of rotatable bonds is 5. The summed E-state index contributed by atoms with van der Waals surface area (Å²) in [6.07, 6.45) is 1.18. The van der Waals surface area contributed by atoms with Crippen molar-refractivity contribution in [3.05, 3.63) is 35.9 Å². The molecule has 1 aromatic carbocycles. The van der Waals surface area contributed by atoms with Crippen molar-refractivity contribution in [1.29, 1.82) is 0 Å². The number of amides is 1. The highest BCUT2D eigenvalue weighted by Crippen LogP contribution is 2.24. The second-order valence-corrected chi connectivity index (χ2v) is 8.06. The van der Waals surface area contributed by atoms with Crippen LogP contribution in [0.1, 0.15) is 18.9 Å². The van der Waals surface area contributed by atoms with Gasteiger partial charge in [-0.1, -0.05) is 30.3 Å². The Balaban J connectivity index is 1.25. The first-order valence-electron chi connectivity index (χ1n) is 10.0. The van der Waals surface area contributed by atoms with Crippen LogP contribution in [0.25, 0.3) is 0 Å². The minimum atomic E-state index is -0.108. The standard InChI is InChI=1S/C20H31N5O2/c1-14-21-10-19(27-14)16-8-18(22-9-16)20(26)23-17-12-24(2)25(13-17)11-15-6-4-3-5-7-15/h3-7,14,16-19,21-22H,8-13H2,1-2H3,(H,23,26). The van der Waals surface area contributed by atoms with E-state index in [2.05, 4.69) is 57.3 Å². The van der Waals surface area contributed by atoms with Crippen molar-refractivity contribution in [1.82, 2.24) is 26.0 Å². The van der Waals surface area contributed by atoms with Crippen LogP contribution in [-0.4, -0.2) is 73.6 Å². The fourth-order valence-corrected chi connectivity index (χ4v) is 4.42. The Labute approximate surface area is 161 Å². The molecule has 3 saturated heterocycles. The maximum atomic E-state index is 12.7. The van der Waals surface area contributed by atoms with E-state index in [0.29, 0.717) is 5.92 Å². The van der Waals surface area contributed by atoms with Gasteiger partial charge in [0.05, 0.1) is 18.2 Å². The lowest BCUT2D eigenvalue weighted by Gasteiger charge is -2.23. The zero-order valence-corrected chi connectivity index (χ0v) is 16.2. The Morgan fingerprint density at radius 1 is 1.22 bits per heavy atom. The molecule has 5 unspecified atom stereocenters. The van der Waals surface area contributed by atoms with Gasteiger partial charge in [0.15, 0.2) is 0 Å². The zero-order valence-electron chi connectivity index (χ0n) is 16.2. The van der Waals surface area contributed by atoms with Gasteiger partial charge in [0.25, 0.3) is 0 Å². The third-order valence-electron chi connectivity index (χ3n) is 5.95. The summed E-state index contributed by atoms with van der Waals surface area (Å²) in [6.45, 7) is 6.33. The molecule has 3 N–H and O–H groups in total. The Morgan fingerprint density at radius 3 is 2.78 bits per heavy atom. The van der Waals surface area contributed by atoms with Crippen molar-refractivity contribution in [3.8, 4) is 0 Å². The van der Waals surface area contributed by atoms with Crippen molar-refractivity contribution in [2.45, 2.75) is 44.3 Å². The molecule has 0 aliphatic carbocycles. The number of benzene rings is 1. The maximum Gasteiger partial charge on any atom is 0.237 e. The molecule has 1 aromatic rings. The van der Waals surface area contributed by atoms with E-state index in [1.807, 2.05) is 13.0 Å². The molecule has 148 valence electrons. The van der Waals surface area contributed by atoms with E-state index in [4.69, 9.17) is 4.74 Å². The van der Waals surface area contributed by atoms with Gasteiger partial charge in [-0.25, -0.2) is 10.0 Å². The van der Waals surface area contributed by atoms with Gasteiger partial charge >= 0.3 is 0 Å². The second kappa shape index (κ2) is 8.24. The normalized spacial score (nSPS) is 35.0. The molecule has 3 heterocycles. The van der Waals surface area contributed by atoms with Gasteiger partial charge < -0.3 is 15.4 Å². The molecular weight excluding hydrogens is 342 g/mol. The molecule has 0 spiro atoms. The van der Waals surface area contributed by atoms with Gasteiger partial charge in [-0.2, -0.15) is 0 Å². The van der Waals surface area contributed by atoms with Crippen LogP contribution in [0, 0.1) is 5.92 Å². The molecule has 7 heteroatoms. The summed E-state index contributed by atoms with van der Waals surface area (Å²) in [6, 6.07) is 10.5. The lowest BCUT2D eigenvalue weighted by atomic mass is 9.99. The van der Waals surface area contributed by atoms with Crippen molar-refractivity contribution in [2.24, 2.45) is 5.92 Å². The van der Waals surface area contributed by atoms with E-state index in [9.17, 15) is 4.79 Å². The number of hydrogen-bond acceptors (Lipinski definition) is 6. The van der Waals surface area contributed by atoms with Gasteiger partial charge in [-0.15, -0.1) is 0 Å². The molecule has 1 amide bonds.